The average molecular weight is 1080 g/mol. The Morgan fingerprint density at radius 1 is 0.486 bits per heavy atom. The summed E-state index contributed by atoms with van der Waals surface area (Å²) in [5, 5.41) is 6.42. The van der Waals surface area contributed by atoms with Crippen molar-refractivity contribution in [3.05, 3.63) is 259 Å². The standard InChI is InChI=1S/C64H46N4O.Pt/c1-63(2,3)68-59-35-17-16-34-58(59)67(69-68)48-25-18-24-46(41-48)64(55-31-13-10-26-51(55)52-27-11-14-32-56(52)64)47-36-37-54-53-28-12-15-33-57(53)66(60(54)42-47)61-40-45(38-39-65-61)62-49(43-20-6-4-7-21-43)29-19-30-50(62)44-22-8-5-9-23-44;/h4-40H,1-3H3;/q-2;/p+1. The van der Waals surface area contributed by atoms with Crippen LogP contribution in [0.3, 0.4) is 0 Å². The molecule has 0 spiro atoms. The topological polar surface area (TPSA) is 37.1 Å². The van der Waals surface area contributed by atoms with Crippen LogP contribution in [-0.2, 0) is 26.5 Å². The molecule has 9 aromatic carbocycles. The predicted octanol–water partition coefficient (Wildman–Crippen LogP) is 15.7. The minimum atomic E-state index is -0.782. The zero-order valence-electron chi connectivity index (χ0n) is 38.9. The van der Waals surface area contributed by atoms with Crippen molar-refractivity contribution in [2.45, 2.75) is 31.7 Å². The Bertz CT molecular complexity index is 3680. The van der Waals surface area contributed by atoms with Gasteiger partial charge in [0.2, 0.25) is 0 Å². The first-order valence-electron chi connectivity index (χ1n) is 23.7. The van der Waals surface area contributed by atoms with Gasteiger partial charge in [-0.25, -0.2) is 4.98 Å². The van der Waals surface area contributed by atoms with E-state index < -0.39 is 5.41 Å². The van der Waals surface area contributed by atoms with Crippen LogP contribution in [-0.4, -0.2) is 20.0 Å². The number of hydrogen-bond acceptors (Lipinski definition) is 3. The molecular formula is C64H47N4OPt-. The van der Waals surface area contributed by atoms with Gasteiger partial charge in [0.15, 0.2) is 0 Å². The van der Waals surface area contributed by atoms with Crippen LogP contribution in [0.1, 0.15) is 43.0 Å². The third-order valence-corrected chi connectivity index (χ3v) is 14.0. The van der Waals surface area contributed by atoms with Gasteiger partial charge >= 0.3 is 0 Å². The van der Waals surface area contributed by atoms with Crippen molar-refractivity contribution < 1.29 is 26.0 Å². The van der Waals surface area contributed by atoms with Crippen molar-refractivity contribution in [1.82, 2.24) is 9.55 Å². The minimum Gasteiger partial charge on any atom is -0.319 e. The summed E-state index contributed by atoms with van der Waals surface area (Å²) < 4.78 is 2.31. The smallest absolute Gasteiger partial charge is 0.145 e. The van der Waals surface area contributed by atoms with Crippen LogP contribution >= 0.6 is 0 Å². The molecule has 3 heterocycles. The first-order chi connectivity index (χ1) is 33.9. The summed E-state index contributed by atoms with van der Waals surface area (Å²) in [6.07, 6.45) is 1.96. The van der Waals surface area contributed by atoms with Crippen molar-refractivity contribution in [3.8, 4) is 50.3 Å². The molecule has 1 aliphatic heterocycles. The molecule has 340 valence electrons. The Hall–Kier alpha value is -7.82. The van der Waals surface area contributed by atoms with Gasteiger partial charge in [-0.3, -0.25) is 0 Å². The maximum atomic E-state index is 5.25. The first kappa shape index (κ1) is 43.5. The molecule has 0 bridgehead atoms. The van der Waals surface area contributed by atoms with E-state index in [4.69, 9.17) is 9.92 Å². The number of hydroxylamine groups is 1. The summed E-state index contributed by atoms with van der Waals surface area (Å²) in [6.45, 7) is 6.59. The molecule has 6 heteroatoms. The second kappa shape index (κ2) is 17.0. The molecular weight excluding hydrogens is 1040 g/mol. The molecule has 11 aromatic rings. The molecule has 1 N–H and O–H groups in total. The van der Waals surface area contributed by atoms with Crippen LogP contribution in [0.25, 0.3) is 72.1 Å². The Kier molecular flexibility index (Phi) is 10.6. The number of anilines is 3. The molecule has 0 radical (unpaired) electrons. The number of aromatic nitrogens is 2. The third-order valence-electron chi connectivity index (χ3n) is 14.0. The molecule has 5 nitrogen and oxygen atoms in total. The Morgan fingerprint density at radius 2 is 1.06 bits per heavy atom. The Balaban J connectivity index is 0.00000505. The molecule has 0 amide bonds. The SMILES string of the molecule is CC(C)(C)N1[OH+]N(c2[c-]c(C3(c4[c-]c5c(cc4)c4ccccc4n5-c4cc(-c5c(-c6ccccc6)cccc5-c5ccccc5)ccn4)c4ccccc4-c4ccccc43)ccc2)c2ccccc21.[Pt]. The number of para-hydroxylation sites is 3. The molecule has 0 saturated carbocycles. The summed E-state index contributed by atoms with van der Waals surface area (Å²) in [5.41, 5.74) is 17.7. The summed E-state index contributed by atoms with van der Waals surface area (Å²) in [4.78, 5) is 10.5. The van der Waals surface area contributed by atoms with E-state index in [1.54, 1.807) is 0 Å². The van der Waals surface area contributed by atoms with E-state index in [1.807, 2.05) is 11.3 Å². The van der Waals surface area contributed by atoms with Gasteiger partial charge in [-0.15, -0.1) is 38.8 Å². The molecule has 2 aliphatic rings. The van der Waals surface area contributed by atoms with Gasteiger partial charge in [0.1, 0.15) is 22.7 Å². The average Bonchev–Trinajstić information content (AvgIpc) is 4.06. The molecule has 1 aliphatic carbocycles. The fraction of sp³-hybridized carbons (Fsp3) is 0.0781. The molecule has 2 aromatic heterocycles. The quantitative estimate of drug-likeness (QED) is 0.118. The van der Waals surface area contributed by atoms with Gasteiger partial charge in [0.25, 0.3) is 0 Å². The van der Waals surface area contributed by atoms with Gasteiger partial charge in [-0.2, -0.15) is 35.3 Å². The summed E-state index contributed by atoms with van der Waals surface area (Å²) in [7, 11) is 0. The van der Waals surface area contributed by atoms with E-state index in [1.165, 1.54) is 33.4 Å². The molecule has 13 rings (SSSR count). The van der Waals surface area contributed by atoms with Crippen molar-refractivity contribution in [2.75, 3.05) is 10.1 Å². The summed E-state index contributed by atoms with van der Waals surface area (Å²) >= 11 is 0. The maximum absolute atomic E-state index is 5.25. The fourth-order valence-corrected chi connectivity index (χ4v) is 11.1. The molecule has 0 saturated heterocycles. The van der Waals surface area contributed by atoms with E-state index in [2.05, 4.69) is 261 Å². The van der Waals surface area contributed by atoms with Crippen LogP contribution in [0.4, 0.5) is 17.1 Å². The first-order valence-corrected chi connectivity index (χ1v) is 23.7. The van der Waals surface area contributed by atoms with Crippen LogP contribution in [0, 0.1) is 12.1 Å². The van der Waals surface area contributed by atoms with Crippen molar-refractivity contribution >= 4 is 38.9 Å². The van der Waals surface area contributed by atoms with Crippen LogP contribution in [0.15, 0.2) is 225 Å². The van der Waals surface area contributed by atoms with E-state index in [0.717, 1.165) is 78.1 Å². The largest absolute Gasteiger partial charge is 0.319 e. The van der Waals surface area contributed by atoms with Gasteiger partial charge in [-0.1, -0.05) is 163 Å². The van der Waals surface area contributed by atoms with Crippen LogP contribution in [0.2, 0.25) is 0 Å². The van der Waals surface area contributed by atoms with Crippen LogP contribution in [0.5, 0.6) is 0 Å². The Morgan fingerprint density at radius 3 is 1.74 bits per heavy atom. The second-order valence-corrected chi connectivity index (χ2v) is 19.0. The third kappa shape index (κ3) is 6.71. The predicted molar refractivity (Wildman–Crippen MR) is 282 cm³/mol. The van der Waals surface area contributed by atoms with Gasteiger partial charge in [0, 0.05) is 43.9 Å². The maximum Gasteiger partial charge on any atom is 0.145 e. The van der Waals surface area contributed by atoms with Gasteiger partial charge < -0.3 is 4.57 Å². The number of fused-ring (bicyclic) bond motifs is 7. The number of rotatable bonds is 7. The van der Waals surface area contributed by atoms with Gasteiger partial charge in [-0.05, 0) is 112 Å². The summed E-state index contributed by atoms with van der Waals surface area (Å²) in [5.74, 6) is 0.821. The normalized spacial score (nSPS) is 13.5. The molecule has 70 heavy (non-hydrogen) atoms. The number of pyridine rings is 1. The zero-order valence-corrected chi connectivity index (χ0v) is 41.2. The fourth-order valence-electron chi connectivity index (χ4n) is 11.1. The van der Waals surface area contributed by atoms with Gasteiger partial charge in [0.05, 0.1) is 0 Å². The van der Waals surface area contributed by atoms with Crippen molar-refractivity contribution in [2.24, 2.45) is 0 Å². The van der Waals surface area contributed by atoms with Crippen molar-refractivity contribution in [1.29, 1.82) is 0 Å². The Labute approximate surface area is 423 Å². The molecule has 0 unspecified atom stereocenters. The van der Waals surface area contributed by atoms with Crippen LogP contribution < -0.4 is 10.1 Å². The van der Waals surface area contributed by atoms with E-state index in [9.17, 15) is 0 Å². The minimum absolute atomic E-state index is 0. The number of nitrogens with zero attached hydrogens (tertiary/aromatic N) is 4. The monoisotopic (exact) mass is 1080 g/mol. The van der Waals surface area contributed by atoms with E-state index >= 15 is 0 Å². The molecule has 0 atom stereocenters. The zero-order chi connectivity index (χ0) is 46.3. The number of hydrogen-bond donors (Lipinski definition) is 0. The van der Waals surface area contributed by atoms with E-state index in [-0.39, 0.29) is 26.6 Å². The number of benzene rings is 9. The van der Waals surface area contributed by atoms with Crippen molar-refractivity contribution in [3.63, 3.8) is 0 Å². The molecule has 0 fully saturated rings. The second-order valence-electron chi connectivity index (χ2n) is 19.0. The van der Waals surface area contributed by atoms with E-state index in [0.29, 0.717) is 0 Å². The summed E-state index contributed by atoms with van der Waals surface area (Å²) in [6, 6.07) is 86.6.